The first kappa shape index (κ1) is 52.9. The molecule has 1 aliphatic rings. The fraction of sp³-hybridized carbons (Fsp3) is 0.490. The van der Waals surface area contributed by atoms with Gasteiger partial charge in [-0.2, -0.15) is 5.26 Å². The second-order valence-corrected chi connectivity index (χ2v) is 16.7. The number of nitrogens with one attached hydrogen (secondary N) is 5. The van der Waals surface area contributed by atoms with Gasteiger partial charge in [0.15, 0.2) is 0 Å². The zero-order chi connectivity index (χ0) is 48.9. The Hall–Kier alpha value is -6.71. The average Bonchev–Trinajstić information content (AvgIpc) is 3.30. The van der Waals surface area contributed by atoms with Crippen molar-refractivity contribution in [3.63, 3.8) is 0 Å². The lowest BCUT2D eigenvalue weighted by Crippen LogP contribution is -2.56. The molecule has 0 spiro atoms. The molecule has 0 unspecified atom stereocenters. The summed E-state index contributed by atoms with van der Waals surface area (Å²) in [6, 6.07) is 11.9. The molecule has 0 aromatic heterocycles. The lowest BCUT2D eigenvalue weighted by molar-refractivity contribution is -0.141. The summed E-state index contributed by atoms with van der Waals surface area (Å²) in [4.78, 5) is 83.5. The van der Waals surface area contributed by atoms with E-state index in [0.29, 0.717) is 39.3 Å². The van der Waals surface area contributed by atoms with Gasteiger partial charge in [-0.1, -0.05) is 63.3 Å². The highest BCUT2D eigenvalue weighted by Crippen LogP contribution is 2.40. The van der Waals surface area contributed by atoms with Crippen LogP contribution in [0.2, 0.25) is 0 Å². The van der Waals surface area contributed by atoms with Gasteiger partial charge in [-0.25, -0.2) is 4.79 Å². The summed E-state index contributed by atoms with van der Waals surface area (Å²) >= 11 is 0. The van der Waals surface area contributed by atoms with Gasteiger partial charge in [-0.3, -0.25) is 24.0 Å². The Labute approximate surface area is 393 Å². The van der Waals surface area contributed by atoms with E-state index in [1.54, 1.807) is 42.5 Å². The quantitative estimate of drug-likeness (QED) is 0.0505. The van der Waals surface area contributed by atoms with E-state index in [1.807, 2.05) is 25.1 Å². The van der Waals surface area contributed by atoms with E-state index in [0.717, 1.165) is 30.4 Å². The third kappa shape index (κ3) is 15.7. The maximum Gasteiger partial charge on any atom is 0.312 e. The molecule has 0 fully saturated rings. The Bertz CT molecular complexity index is 2230. The fourth-order valence-electron chi connectivity index (χ4n) is 7.96. The highest BCUT2D eigenvalue weighted by atomic mass is 16.5. The molecule has 0 saturated heterocycles. The normalized spacial score (nSPS) is 16.2. The first-order valence-corrected chi connectivity index (χ1v) is 23.1. The van der Waals surface area contributed by atoms with Crippen LogP contribution in [0, 0.1) is 18.3 Å². The number of hydrogen-bond acceptors (Lipinski definition) is 11. The van der Waals surface area contributed by atoms with E-state index in [4.69, 9.17) is 26.7 Å². The summed E-state index contributed by atoms with van der Waals surface area (Å²) in [5.74, 6) is -2.46. The molecule has 0 aliphatic carbocycles. The van der Waals surface area contributed by atoms with Crippen molar-refractivity contribution in [2.45, 2.75) is 109 Å². The minimum absolute atomic E-state index is 0.00266. The summed E-state index contributed by atoms with van der Waals surface area (Å²) in [7, 11) is 1.42. The number of nitrogens with zero attached hydrogens (tertiary/aromatic N) is 2. The number of likely N-dealkylation sites (N-methyl/N-ethyl adjacent to an activating group) is 1. The van der Waals surface area contributed by atoms with Crippen molar-refractivity contribution in [3.05, 3.63) is 82.4 Å². The lowest BCUT2D eigenvalue weighted by Gasteiger charge is -2.33. The molecule has 4 bridgehead atoms. The van der Waals surface area contributed by atoms with Gasteiger partial charge in [0, 0.05) is 49.8 Å². The molecule has 1 aliphatic heterocycles. The molecule has 67 heavy (non-hydrogen) atoms. The number of nitrogens with two attached hydrogens (primary N) is 3. The number of rotatable bonds is 23. The van der Waals surface area contributed by atoms with Crippen LogP contribution in [0.1, 0.15) is 104 Å². The lowest BCUT2D eigenvalue weighted by atomic mass is 9.93. The molecule has 3 aromatic carbocycles. The van der Waals surface area contributed by atoms with Crippen LogP contribution in [-0.4, -0.2) is 105 Å². The monoisotopic (exact) mass is 925 g/mol. The Morgan fingerprint density at radius 1 is 0.866 bits per heavy atom. The molecule has 362 valence electrons. The van der Waals surface area contributed by atoms with E-state index >= 15 is 0 Å². The summed E-state index contributed by atoms with van der Waals surface area (Å²) in [5, 5.41) is 22.5. The largest absolute Gasteiger partial charge is 0.492 e. The number of nitriles is 1. The molecule has 7 amide bonds. The zero-order valence-electron chi connectivity index (χ0n) is 39.2. The van der Waals surface area contributed by atoms with Crippen LogP contribution in [0.3, 0.4) is 0 Å². The Morgan fingerprint density at radius 2 is 1.54 bits per heavy atom. The van der Waals surface area contributed by atoms with Crippen molar-refractivity contribution in [2.75, 3.05) is 46.4 Å². The van der Waals surface area contributed by atoms with E-state index in [1.165, 1.54) is 44.6 Å². The van der Waals surface area contributed by atoms with Gasteiger partial charge in [-0.05, 0) is 92.1 Å². The predicted molar refractivity (Wildman–Crippen MR) is 255 cm³/mol. The molecular weight excluding hydrogens is 857 g/mol. The van der Waals surface area contributed by atoms with Gasteiger partial charge in [0.1, 0.15) is 55.4 Å². The Balaban J connectivity index is 1.80. The van der Waals surface area contributed by atoms with Crippen LogP contribution in [0.15, 0.2) is 54.6 Å². The zero-order valence-corrected chi connectivity index (χ0v) is 39.2. The summed E-state index contributed by atoms with van der Waals surface area (Å²) < 4.78 is 12.2. The van der Waals surface area contributed by atoms with Crippen LogP contribution in [0.5, 0.6) is 11.5 Å². The van der Waals surface area contributed by atoms with Gasteiger partial charge in [0.05, 0.1) is 6.07 Å². The van der Waals surface area contributed by atoms with Crippen LogP contribution in [0.25, 0.3) is 11.1 Å². The molecule has 18 nitrogen and oxygen atoms in total. The van der Waals surface area contributed by atoms with Crippen molar-refractivity contribution in [1.82, 2.24) is 31.5 Å². The number of carbonyl (C=O) groups excluding carboxylic acids is 6. The van der Waals surface area contributed by atoms with Crippen molar-refractivity contribution in [3.8, 4) is 28.7 Å². The van der Waals surface area contributed by atoms with E-state index < -0.39 is 59.7 Å². The number of unbranched alkanes of at least 4 members (excludes halogenated alkanes) is 5. The Morgan fingerprint density at radius 3 is 2.19 bits per heavy atom. The van der Waals surface area contributed by atoms with Gasteiger partial charge in [0.25, 0.3) is 5.91 Å². The molecule has 4 atom stereocenters. The van der Waals surface area contributed by atoms with Crippen LogP contribution in [-0.2, 0) is 32.0 Å². The topological polar surface area (TPSA) is 286 Å². The fourth-order valence-corrected chi connectivity index (χ4v) is 7.96. The molecular formula is C49H68N10O8. The molecule has 0 radical (unpaired) electrons. The number of amides is 7. The van der Waals surface area contributed by atoms with E-state index in [2.05, 4.69) is 33.5 Å². The highest BCUT2D eigenvalue weighted by Gasteiger charge is 2.36. The van der Waals surface area contributed by atoms with Crippen LogP contribution < -0.4 is 53.3 Å². The number of carbonyl (C=O) groups is 6. The smallest absolute Gasteiger partial charge is 0.312 e. The number of urea groups is 1. The molecule has 1 heterocycles. The number of hydrogen-bond donors (Lipinski definition) is 8. The van der Waals surface area contributed by atoms with E-state index in [9.17, 15) is 34.0 Å². The molecule has 0 saturated carbocycles. The molecule has 11 N–H and O–H groups in total. The van der Waals surface area contributed by atoms with Crippen LogP contribution >= 0.6 is 0 Å². The Kier molecular flexibility index (Phi) is 21.4. The number of ether oxygens (including phenoxy) is 2. The number of benzene rings is 3. The van der Waals surface area contributed by atoms with Gasteiger partial charge < -0.3 is 58.2 Å². The second kappa shape index (κ2) is 27.1. The minimum Gasteiger partial charge on any atom is -0.492 e. The number of fused-ring (bicyclic) bond motifs is 5. The summed E-state index contributed by atoms with van der Waals surface area (Å²) in [5.41, 5.74) is 21.1. The van der Waals surface area contributed by atoms with Gasteiger partial charge in [-0.15, -0.1) is 0 Å². The highest BCUT2D eigenvalue weighted by molar-refractivity contribution is 6.00. The average molecular weight is 925 g/mol. The summed E-state index contributed by atoms with van der Waals surface area (Å²) in [6.07, 6.45) is 8.15. The third-order valence-corrected chi connectivity index (χ3v) is 11.5. The van der Waals surface area contributed by atoms with Crippen molar-refractivity contribution in [2.24, 2.45) is 17.2 Å². The molecule has 3 aromatic rings. The summed E-state index contributed by atoms with van der Waals surface area (Å²) in [6.45, 7) is 5.93. The predicted octanol–water partition coefficient (Wildman–Crippen LogP) is 3.17. The second-order valence-electron chi connectivity index (χ2n) is 16.7. The SMILES string of the molecule is CCCCCCCCc1ccc(C(=O)N[C@@H](CCCNC(N)=O)C(=O)N(C)[C@@H]2C(=O)N[C@@H](C)C(=O)N[C@H](C(=O)NCC#N)Cc3ccc(OCCN)c(c3)-c3cc2ccc3OCCN)c(C)c1. The molecule has 18 heteroatoms. The minimum atomic E-state index is -1.41. The van der Waals surface area contributed by atoms with E-state index in [-0.39, 0.29) is 58.7 Å². The van der Waals surface area contributed by atoms with Crippen molar-refractivity contribution < 1.29 is 38.2 Å². The first-order chi connectivity index (χ1) is 32.2. The molecule has 4 rings (SSSR count). The third-order valence-electron chi connectivity index (χ3n) is 11.5. The van der Waals surface area contributed by atoms with Crippen molar-refractivity contribution >= 4 is 35.6 Å². The standard InChI is InChI=1S/C49H68N10O8/c1-5-6-7-8-9-10-12-33-14-17-36(31(2)27-33)45(61)57-39(13-11-23-55-49(53)65)48(64)59(4)43-35-16-19-42(67-26-22-52)38(30-35)37-28-34(15-18-41(37)66-25-21-51)29-40(46(62)54-24-20-50)58-44(60)32(3)56-47(43)63/h14-19,27-28,30,32,39-40,43H,5-13,21-26,29,51-52H2,1-4H3,(H,54,62)(H,56,63)(H,57,61)(H,58,60)(H3,53,55,65)/t32-,39-,40-,43-/m0/s1. The first-order valence-electron chi connectivity index (χ1n) is 23.1. The number of primary amides is 1. The van der Waals surface area contributed by atoms with Crippen LogP contribution in [0.4, 0.5) is 4.79 Å². The maximum atomic E-state index is 14.9. The maximum absolute atomic E-state index is 14.9. The van der Waals surface area contributed by atoms with Gasteiger partial charge >= 0.3 is 6.03 Å². The van der Waals surface area contributed by atoms with Gasteiger partial charge in [0.2, 0.25) is 23.6 Å². The van der Waals surface area contributed by atoms with Crippen molar-refractivity contribution in [1.29, 1.82) is 5.26 Å². The number of aryl methyl sites for hydroxylation is 2.